The first-order valence-corrected chi connectivity index (χ1v) is 6.40. The molecule has 0 aliphatic carbocycles. The lowest BCUT2D eigenvalue weighted by Crippen LogP contribution is -2.19. The molecule has 0 aliphatic heterocycles. The van der Waals surface area contributed by atoms with Crippen LogP contribution in [0.1, 0.15) is 11.1 Å². The summed E-state index contributed by atoms with van der Waals surface area (Å²) < 4.78 is 2.05. The maximum absolute atomic E-state index is 8.95. The number of nitrogens with zero attached hydrogens (tertiary/aromatic N) is 4. The van der Waals surface area contributed by atoms with Crippen LogP contribution in [0.5, 0.6) is 0 Å². The lowest BCUT2D eigenvalue weighted by atomic mass is 10.1. The first kappa shape index (κ1) is 12.2. The minimum atomic E-state index is 0.691. The Hall–Kier alpha value is -2.80. The third-order valence-corrected chi connectivity index (χ3v) is 3.27. The summed E-state index contributed by atoms with van der Waals surface area (Å²) in [6, 6.07) is 15.9. The largest absolute Gasteiger partial charge is 0.356 e. The van der Waals surface area contributed by atoms with E-state index in [1.165, 1.54) is 0 Å². The normalized spacial score (nSPS) is 10.4. The molecular weight excluding hydrogens is 248 g/mol. The van der Waals surface area contributed by atoms with E-state index in [-0.39, 0.29) is 0 Å². The van der Waals surface area contributed by atoms with Crippen LogP contribution >= 0.6 is 0 Å². The van der Waals surface area contributed by atoms with Gasteiger partial charge in [0.2, 0.25) is 0 Å². The zero-order valence-corrected chi connectivity index (χ0v) is 11.2. The number of aromatic nitrogens is 2. The molecule has 0 amide bonds. The van der Waals surface area contributed by atoms with Crippen LogP contribution in [0.4, 0.5) is 5.82 Å². The molecule has 0 saturated carbocycles. The van der Waals surface area contributed by atoms with Crippen molar-refractivity contribution in [1.29, 1.82) is 5.26 Å². The molecule has 1 aromatic carbocycles. The van der Waals surface area contributed by atoms with Crippen molar-refractivity contribution < 1.29 is 0 Å². The fourth-order valence-corrected chi connectivity index (χ4v) is 2.34. The molecule has 0 atom stereocenters. The van der Waals surface area contributed by atoms with Gasteiger partial charge in [0.25, 0.3) is 0 Å². The van der Waals surface area contributed by atoms with E-state index in [2.05, 4.69) is 22.0 Å². The average molecular weight is 262 g/mol. The van der Waals surface area contributed by atoms with Crippen molar-refractivity contribution in [3.8, 4) is 6.07 Å². The van der Waals surface area contributed by atoms with Crippen molar-refractivity contribution in [3.05, 3.63) is 66.0 Å². The zero-order valence-electron chi connectivity index (χ0n) is 11.2. The third kappa shape index (κ3) is 2.21. The first-order valence-electron chi connectivity index (χ1n) is 6.40. The number of anilines is 1. The first-order chi connectivity index (χ1) is 9.78. The number of benzene rings is 1. The van der Waals surface area contributed by atoms with E-state index >= 15 is 0 Å². The van der Waals surface area contributed by atoms with Gasteiger partial charge >= 0.3 is 0 Å². The van der Waals surface area contributed by atoms with Gasteiger partial charge in [-0.2, -0.15) is 5.26 Å². The summed E-state index contributed by atoms with van der Waals surface area (Å²) in [6.45, 7) is 0.743. The second kappa shape index (κ2) is 5.06. The van der Waals surface area contributed by atoms with Gasteiger partial charge in [0.15, 0.2) is 0 Å². The van der Waals surface area contributed by atoms with Crippen molar-refractivity contribution in [2.75, 3.05) is 11.9 Å². The monoisotopic (exact) mass is 262 g/mol. The van der Waals surface area contributed by atoms with Gasteiger partial charge in [-0.3, -0.25) is 4.40 Å². The summed E-state index contributed by atoms with van der Waals surface area (Å²) in [5, 5.41) is 8.95. The quantitative estimate of drug-likeness (QED) is 0.729. The van der Waals surface area contributed by atoms with Crippen molar-refractivity contribution in [2.24, 2.45) is 0 Å². The van der Waals surface area contributed by atoms with Crippen LogP contribution in [-0.4, -0.2) is 16.4 Å². The topological polar surface area (TPSA) is 44.3 Å². The molecule has 0 N–H and O–H groups in total. The Labute approximate surface area is 117 Å². The van der Waals surface area contributed by atoms with Crippen molar-refractivity contribution >= 4 is 11.5 Å². The fraction of sp³-hybridized carbons (Fsp3) is 0.125. The highest BCUT2D eigenvalue weighted by atomic mass is 15.2. The second-order valence-electron chi connectivity index (χ2n) is 4.71. The smallest absolute Gasteiger partial charge is 0.138 e. The molecule has 0 spiro atoms. The molecule has 3 rings (SSSR count). The van der Waals surface area contributed by atoms with Gasteiger partial charge in [-0.25, -0.2) is 4.98 Å². The SMILES string of the molecule is CN(Cc1cccc(C#N)c1)c1cccc2nccn12. The van der Waals surface area contributed by atoms with E-state index in [1.54, 1.807) is 6.20 Å². The Balaban J connectivity index is 1.91. The third-order valence-electron chi connectivity index (χ3n) is 3.27. The Morgan fingerprint density at radius 1 is 1.25 bits per heavy atom. The summed E-state index contributed by atoms with van der Waals surface area (Å²) in [5.41, 5.74) is 2.74. The standard InChI is InChI=1S/C16H14N4/c1-19(12-14-5-2-4-13(10-14)11-17)16-7-3-6-15-18-8-9-20(15)16/h2-10H,12H2,1H3. The highest BCUT2D eigenvalue weighted by molar-refractivity contribution is 5.51. The Kier molecular flexibility index (Phi) is 3.10. The predicted octanol–water partition coefficient (Wildman–Crippen LogP) is 2.84. The highest BCUT2D eigenvalue weighted by Gasteiger charge is 2.07. The summed E-state index contributed by atoms with van der Waals surface area (Å²) in [6.07, 6.45) is 3.75. The lowest BCUT2D eigenvalue weighted by molar-refractivity contribution is 0.883. The van der Waals surface area contributed by atoms with Crippen molar-refractivity contribution in [3.63, 3.8) is 0 Å². The molecule has 0 unspecified atom stereocenters. The fourth-order valence-electron chi connectivity index (χ4n) is 2.34. The average Bonchev–Trinajstić information content (AvgIpc) is 2.95. The van der Waals surface area contributed by atoms with Crippen LogP contribution < -0.4 is 4.90 Å². The van der Waals surface area contributed by atoms with E-state index in [0.717, 1.165) is 23.6 Å². The molecule has 0 bridgehead atoms. The summed E-state index contributed by atoms with van der Waals surface area (Å²) >= 11 is 0. The van der Waals surface area contributed by atoms with Crippen molar-refractivity contribution in [2.45, 2.75) is 6.54 Å². The van der Waals surface area contributed by atoms with E-state index in [4.69, 9.17) is 5.26 Å². The number of rotatable bonds is 3. The van der Waals surface area contributed by atoms with Gasteiger partial charge < -0.3 is 4.90 Å². The molecule has 0 radical (unpaired) electrons. The minimum Gasteiger partial charge on any atom is -0.356 e. The second-order valence-corrected chi connectivity index (χ2v) is 4.71. The van der Waals surface area contributed by atoms with E-state index in [1.807, 2.05) is 54.0 Å². The Morgan fingerprint density at radius 2 is 2.10 bits per heavy atom. The summed E-state index contributed by atoms with van der Waals surface area (Å²) in [5.74, 6) is 1.07. The molecule has 0 saturated heterocycles. The van der Waals surface area contributed by atoms with Gasteiger partial charge in [-0.1, -0.05) is 18.2 Å². The molecule has 4 nitrogen and oxygen atoms in total. The van der Waals surface area contributed by atoms with Crippen molar-refractivity contribution in [1.82, 2.24) is 9.38 Å². The van der Waals surface area contributed by atoms with Gasteiger partial charge in [-0.05, 0) is 29.8 Å². The molecule has 98 valence electrons. The maximum Gasteiger partial charge on any atom is 0.138 e. The van der Waals surface area contributed by atoms with Crippen LogP contribution in [0.3, 0.4) is 0 Å². The number of fused-ring (bicyclic) bond motifs is 1. The molecule has 20 heavy (non-hydrogen) atoms. The molecule has 0 fully saturated rings. The summed E-state index contributed by atoms with van der Waals surface area (Å²) in [4.78, 5) is 6.43. The number of imidazole rings is 1. The predicted molar refractivity (Wildman–Crippen MR) is 78.5 cm³/mol. The van der Waals surface area contributed by atoms with Gasteiger partial charge in [0.1, 0.15) is 11.5 Å². The zero-order chi connectivity index (χ0) is 13.9. The van der Waals surface area contributed by atoms with E-state index in [9.17, 15) is 0 Å². The van der Waals surface area contributed by atoms with Crippen LogP contribution in [0.15, 0.2) is 54.9 Å². The number of hydrogen-bond donors (Lipinski definition) is 0. The Bertz CT molecular complexity index is 782. The molecule has 4 heteroatoms. The number of nitriles is 1. The van der Waals surface area contributed by atoms with E-state index < -0.39 is 0 Å². The van der Waals surface area contributed by atoms with Crippen LogP contribution in [0.2, 0.25) is 0 Å². The molecule has 2 aromatic heterocycles. The van der Waals surface area contributed by atoms with Gasteiger partial charge in [-0.15, -0.1) is 0 Å². The number of pyridine rings is 1. The lowest BCUT2D eigenvalue weighted by Gasteiger charge is -2.20. The van der Waals surface area contributed by atoms with E-state index in [0.29, 0.717) is 5.56 Å². The molecule has 3 aromatic rings. The van der Waals surface area contributed by atoms with Crippen LogP contribution in [0, 0.1) is 11.3 Å². The Morgan fingerprint density at radius 3 is 2.95 bits per heavy atom. The van der Waals surface area contributed by atoms with Crippen LogP contribution in [0.25, 0.3) is 5.65 Å². The molecular formula is C16H14N4. The molecule has 0 aliphatic rings. The van der Waals surface area contributed by atoms with Gasteiger partial charge in [0.05, 0.1) is 11.6 Å². The number of hydrogen-bond acceptors (Lipinski definition) is 3. The highest BCUT2D eigenvalue weighted by Crippen LogP contribution is 2.17. The summed E-state index contributed by atoms with van der Waals surface area (Å²) in [7, 11) is 2.04. The van der Waals surface area contributed by atoms with Gasteiger partial charge in [0, 0.05) is 26.0 Å². The maximum atomic E-state index is 8.95. The molecule has 2 heterocycles. The van der Waals surface area contributed by atoms with Crippen LogP contribution in [-0.2, 0) is 6.54 Å². The minimum absolute atomic E-state index is 0.691.